The number of hydrogen-bond donors (Lipinski definition) is 1. The summed E-state index contributed by atoms with van der Waals surface area (Å²) < 4.78 is 5.47. The molecule has 3 aromatic rings. The average molecular weight is 389 g/mol. The second-order valence-corrected chi connectivity index (χ2v) is 6.71. The quantitative estimate of drug-likeness (QED) is 0.607. The predicted molar refractivity (Wildman–Crippen MR) is 110 cm³/mol. The number of aliphatic carboxylic acids is 1. The molecule has 0 unspecified atom stereocenters. The monoisotopic (exact) mass is 389 g/mol. The van der Waals surface area contributed by atoms with Gasteiger partial charge in [-0.1, -0.05) is 91.0 Å². The largest absolute Gasteiger partial charge is 0.481 e. The van der Waals surface area contributed by atoms with E-state index in [1.54, 1.807) is 24.3 Å². The van der Waals surface area contributed by atoms with Gasteiger partial charge in [-0.05, 0) is 16.7 Å². The molecule has 0 fully saturated rings. The summed E-state index contributed by atoms with van der Waals surface area (Å²) in [5.41, 5.74) is 2.42. The summed E-state index contributed by atoms with van der Waals surface area (Å²) in [4.78, 5) is 26.2. The van der Waals surface area contributed by atoms with Gasteiger partial charge in [0.15, 0.2) is 0 Å². The van der Waals surface area contributed by atoms with Crippen molar-refractivity contribution in [2.75, 3.05) is 6.54 Å². The van der Waals surface area contributed by atoms with Crippen LogP contribution in [0.25, 0.3) is 0 Å². The molecule has 0 saturated carbocycles. The molecule has 0 bridgehead atoms. The lowest BCUT2D eigenvalue weighted by Crippen LogP contribution is -2.36. The molecule has 1 amide bonds. The van der Waals surface area contributed by atoms with Crippen LogP contribution < -0.4 is 0 Å². The molecule has 3 rings (SSSR count). The smallest absolute Gasteiger partial charge is 0.410 e. The lowest BCUT2D eigenvalue weighted by Gasteiger charge is -2.26. The molecule has 3 aromatic carbocycles. The number of benzene rings is 3. The molecule has 0 radical (unpaired) electrons. The molecule has 1 N–H and O–H groups in total. The fourth-order valence-corrected chi connectivity index (χ4v) is 3.05. The first-order valence-corrected chi connectivity index (χ1v) is 9.41. The van der Waals surface area contributed by atoms with Crippen LogP contribution >= 0.6 is 0 Å². The first-order chi connectivity index (χ1) is 14.1. The van der Waals surface area contributed by atoms with Gasteiger partial charge in [0.2, 0.25) is 0 Å². The summed E-state index contributed by atoms with van der Waals surface area (Å²) in [5, 5.41) is 9.75. The molecule has 5 heteroatoms. The standard InChI is InChI=1S/C24H23NO4/c26-23(27)22(21-14-8-3-9-15-21)17-25(16-19-10-4-1-5-11-19)24(28)29-18-20-12-6-2-7-13-20/h1-15,22H,16-18H2,(H,26,27)/t22-/m1/s1. The number of carboxylic acid groups (broad SMARTS) is 1. The number of carboxylic acids is 1. The minimum Gasteiger partial charge on any atom is -0.481 e. The van der Waals surface area contributed by atoms with Crippen molar-refractivity contribution >= 4 is 12.1 Å². The van der Waals surface area contributed by atoms with E-state index in [9.17, 15) is 14.7 Å². The van der Waals surface area contributed by atoms with Crippen molar-refractivity contribution in [3.8, 4) is 0 Å². The van der Waals surface area contributed by atoms with Crippen LogP contribution in [0, 0.1) is 0 Å². The minimum atomic E-state index is -0.981. The number of ether oxygens (including phenoxy) is 1. The Morgan fingerprint density at radius 2 is 1.31 bits per heavy atom. The lowest BCUT2D eigenvalue weighted by atomic mass is 9.98. The third-order valence-corrected chi connectivity index (χ3v) is 4.58. The number of carbonyl (C=O) groups is 2. The highest BCUT2D eigenvalue weighted by atomic mass is 16.6. The molecule has 0 aliphatic carbocycles. The Morgan fingerprint density at radius 1 is 0.793 bits per heavy atom. The van der Waals surface area contributed by atoms with Gasteiger partial charge in [-0.25, -0.2) is 4.79 Å². The number of hydrogen-bond acceptors (Lipinski definition) is 3. The Kier molecular flexibility index (Phi) is 7.00. The zero-order valence-corrected chi connectivity index (χ0v) is 16.0. The van der Waals surface area contributed by atoms with Gasteiger partial charge < -0.3 is 14.7 Å². The van der Waals surface area contributed by atoms with Gasteiger partial charge in [-0.15, -0.1) is 0 Å². The molecular formula is C24H23NO4. The number of rotatable bonds is 8. The molecule has 1 atom stereocenters. The molecule has 0 heterocycles. The maximum absolute atomic E-state index is 12.8. The number of nitrogens with zero attached hydrogens (tertiary/aromatic N) is 1. The van der Waals surface area contributed by atoms with E-state index in [1.165, 1.54) is 4.90 Å². The first-order valence-electron chi connectivity index (χ1n) is 9.41. The Labute approximate surface area is 170 Å². The topological polar surface area (TPSA) is 66.8 Å². The van der Waals surface area contributed by atoms with Gasteiger partial charge in [0.1, 0.15) is 6.61 Å². The summed E-state index contributed by atoms with van der Waals surface area (Å²) in [6.45, 7) is 0.418. The van der Waals surface area contributed by atoms with Crippen molar-refractivity contribution in [2.24, 2.45) is 0 Å². The van der Waals surface area contributed by atoms with E-state index in [2.05, 4.69) is 0 Å². The van der Waals surface area contributed by atoms with E-state index in [1.807, 2.05) is 66.7 Å². The van der Waals surface area contributed by atoms with Crippen molar-refractivity contribution < 1.29 is 19.4 Å². The zero-order valence-electron chi connectivity index (χ0n) is 16.0. The van der Waals surface area contributed by atoms with E-state index in [0.29, 0.717) is 5.56 Å². The maximum Gasteiger partial charge on any atom is 0.410 e. The first kappa shape index (κ1) is 20.1. The van der Waals surface area contributed by atoms with Gasteiger partial charge in [0.25, 0.3) is 0 Å². The maximum atomic E-state index is 12.8. The van der Waals surface area contributed by atoms with Crippen LogP contribution in [-0.4, -0.2) is 28.6 Å². The highest BCUT2D eigenvalue weighted by Crippen LogP contribution is 2.20. The Balaban J connectivity index is 1.77. The third-order valence-electron chi connectivity index (χ3n) is 4.58. The van der Waals surface area contributed by atoms with Crippen LogP contribution in [0.4, 0.5) is 4.79 Å². The van der Waals surface area contributed by atoms with Gasteiger partial charge in [0, 0.05) is 13.1 Å². The van der Waals surface area contributed by atoms with Crippen molar-refractivity contribution in [3.63, 3.8) is 0 Å². The van der Waals surface area contributed by atoms with Gasteiger partial charge >= 0.3 is 12.1 Å². The fourth-order valence-electron chi connectivity index (χ4n) is 3.05. The summed E-state index contributed by atoms with van der Waals surface area (Å²) >= 11 is 0. The van der Waals surface area contributed by atoms with Crippen molar-refractivity contribution in [3.05, 3.63) is 108 Å². The van der Waals surface area contributed by atoms with Crippen LogP contribution in [0.3, 0.4) is 0 Å². The molecular weight excluding hydrogens is 366 g/mol. The van der Waals surface area contributed by atoms with Crippen LogP contribution in [0.2, 0.25) is 0 Å². The van der Waals surface area contributed by atoms with Gasteiger partial charge in [-0.2, -0.15) is 0 Å². The van der Waals surface area contributed by atoms with E-state index in [-0.39, 0.29) is 19.7 Å². The van der Waals surface area contributed by atoms with E-state index in [0.717, 1.165) is 11.1 Å². The average Bonchev–Trinajstić information content (AvgIpc) is 2.76. The minimum absolute atomic E-state index is 0.0157. The van der Waals surface area contributed by atoms with Crippen LogP contribution in [0.15, 0.2) is 91.0 Å². The zero-order chi connectivity index (χ0) is 20.5. The summed E-state index contributed by atoms with van der Waals surface area (Å²) in [5.74, 6) is -1.82. The molecule has 148 valence electrons. The van der Waals surface area contributed by atoms with Crippen LogP contribution in [0.1, 0.15) is 22.6 Å². The fraction of sp³-hybridized carbons (Fsp3) is 0.167. The number of carbonyl (C=O) groups excluding carboxylic acids is 1. The second kappa shape index (κ2) is 10.1. The Morgan fingerprint density at radius 3 is 1.86 bits per heavy atom. The lowest BCUT2D eigenvalue weighted by molar-refractivity contribution is -0.139. The van der Waals surface area contributed by atoms with Crippen LogP contribution in [0.5, 0.6) is 0 Å². The van der Waals surface area contributed by atoms with Crippen molar-refractivity contribution in [2.45, 2.75) is 19.1 Å². The van der Waals surface area contributed by atoms with E-state index in [4.69, 9.17) is 4.74 Å². The molecule has 29 heavy (non-hydrogen) atoms. The van der Waals surface area contributed by atoms with E-state index < -0.39 is 18.0 Å². The third kappa shape index (κ3) is 5.94. The highest BCUT2D eigenvalue weighted by Gasteiger charge is 2.26. The highest BCUT2D eigenvalue weighted by molar-refractivity contribution is 5.77. The summed E-state index contributed by atoms with van der Waals surface area (Å²) in [6.07, 6.45) is -0.542. The van der Waals surface area contributed by atoms with E-state index >= 15 is 0 Å². The number of amides is 1. The normalized spacial score (nSPS) is 11.4. The Hall–Kier alpha value is -3.60. The molecule has 0 aliphatic heterocycles. The molecule has 0 spiro atoms. The predicted octanol–water partition coefficient (Wildman–Crippen LogP) is 4.69. The summed E-state index contributed by atoms with van der Waals surface area (Å²) in [7, 11) is 0. The molecule has 0 saturated heterocycles. The SMILES string of the molecule is O=C(O)[C@H](CN(Cc1ccccc1)C(=O)OCc1ccccc1)c1ccccc1. The van der Waals surface area contributed by atoms with Gasteiger partial charge in [-0.3, -0.25) is 4.79 Å². The Bertz CT molecular complexity index is 913. The van der Waals surface area contributed by atoms with Crippen molar-refractivity contribution in [1.29, 1.82) is 0 Å². The molecule has 0 aromatic heterocycles. The molecule has 5 nitrogen and oxygen atoms in total. The summed E-state index contributed by atoms with van der Waals surface area (Å²) in [6, 6.07) is 27.8. The second-order valence-electron chi connectivity index (χ2n) is 6.71. The van der Waals surface area contributed by atoms with Crippen LogP contribution in [-0.2, 0) is 22.7 Å². The van der Waals surface area contributed by atoms with Gasteiger partial charge in [0.05, 0.1) is 5.92 Å². The molecule has 0 aliphatic rings. The van der Waals surface area contributed by atoms with Crippen molar-refractivity contribution in [1.82, 2.24) is 4.90 Å².